The molecule has 1 N–H and O–H groups in total. The lowest BCUT2D eigenvalue weighted by molar-refractivity contribution is 0.284. The highest BCUT2D eigenvalue weighted by molar-refractivity contribution is 5.40. The van der Waals surface area contributed by atoms with Crippen molar-refractivity contribution in [1.82, 2.24) is 20.1 Å². The molecule has 19 heavy (non-hydrogen) atoms. The van der Waals surface area contributed by atoms with Crippen molar-refractivity contribution in [3.05, 3.63) is 35.9 Å². The molecule has 1 aromatic carbocycles. The number of aromatic nitrogens is 3. The Labute approximate surface area is 112 Å². The Hall–Kier alpha value is -2.08. The topological polar surface area (TPSA) is 61.2 Å². The summed E-state index contributed by atoms with van der Waals surface area (Å²) in [7, 11) is 5.38. The molecule has 1 aromatic heterocycles. The zero-order valence-electron chi connectivity index (χ0n) is 11.4. The van der Waals surface area contributed by atoms with Crippen molar-refractivity contribution in [2.24, 2.45) is 7.05 Å². The smallest absolute Gasteiger partial charge is 0.164 e. The molecule has 0 fully saturated rings. The van der Waals surface area contributed by atoms with E-state index in [1.54, 1.807) is 11.8 Å². The summed E-state index contributed by atoms with van der Waals surface area (Å²) in [4.78, 5) is 4.13. The van der Waals surface area contributed by atoms with Crippen molar-refractivity contribution in [3.8, 4) is 11.5 Å². The lowest BCUT2D eigenvalue weighted by atomic mass is 10.2. The molecule has 102 valence electrons. The third-order valence-corrected chi connectivity index (χ3v) is 2.80. The Morgan fingerprint density at radius 3 is 2.84 bits per heavy atom. The lowest BCUT2D eigenvalue weighted by Crippen LogP contribution is -2.09. The number of nitrogens with one attached hydrogen (secondary N) is 1. The van der Waals surface area contributed by atoms with Gasteiger partial charge in [-0.2, -0.15) is 5.10 Å². The largest absolute Gasteiger partial charge is 0.497 e. The lowest BCUT2D eigenvalue weighted by Gasteiger charge is -2.12. The third kappa shape index (κ3) is 3.23. The molecular formula is C13H18N4O2. The Bertz CT molecular complexity index is 539. The molecule has 6 heteroatoms. The van der Waals surface area contributed by atoms with E-state index in [1.165, 1.54) is 6.33 Å². The van der Waals surface area contributed by atoms with Crippen molar-refractivity contribution in [1.29, 1.82) is 0 Å². The molecule has 0 bridgehead atoms. The third-order valence-electron chi connectivity index (χ3n) is 2.80. The number of nitrogens with zero attached hydrogens (tertiary/aromatic N) is 3. The van der Waals surface area contributed by atoms with Crippen molar-refractivity contribution in [2.75, 3.05) is 14.2 Å². The summed E-state index contributed by atoms with van der Waals surface area (Å²) >= 11 is 0. The first-order chi connectivity index (χ1) is 9.24. The molecule has 0 radical (unpaired) electrons. The standard InChI is InChI=1S/C13H18N4O2/c1-14-7-10-4-5-11(18-3)6-12(10)19-8-13-15-9-16-17(13)2/h4-6,9,14H,7-8H2,1-3H3. The molecule has 0 unspecified atom stereocenters. The van der Waals surface area contributed by atoms with Gasteiger partial charge in [0.15, 0.2) is 5.82 Å². The van der Waals surface area contributed by atoms with E-state index in [1.807, 2.05) is 32.3 Å². The molecule has 0 aliphatic heterocycles. The van der Waals surface area contributed by atoms with Crippen LogP contribution in [-0.4, -0.2) is 28.9 Å². The van der Waals surface area contributed by atoms with Crippen LogP contribution < -0.4 is 14.8 Å². The van der Waals surface area contributed by atoms with Crippen molar-refractivity contribution >= 4 is 0 Å². The molecule has 0 aliphatic carbocycles. The predicted octanol–water partition coefficient (Wildman–Crippen LogP) is 1.12. The summed E-state index contributed by atoms with van der Waals surface area (Å²) in [6.45, 7) is 1.11. The van der Waals surface area contributed by atoms with Crippen LogP contribution in [0.25, 0.3) is 0 Å². The molecule has 2 rings (SSSR count). The second-order valence-corrected chi connectivity index (χ2v) is 4.09. The number of aryl methyl sites for hydroxylation is 1. The second-order valence-electron chi connectivity index (χ2n) is 4.09. The maximum atomic E-state index is 5.81. The number of hydrogen-bond acceptors (Lipinski definition) is 5. The minimum atomic E-state index is 0.375. The van der Waals surface area contributed by atoms with Gasteiger partial charge in [0, 0.05) is 25.2 Å². The fraction of sp³-hybridized carbons (Fsp3) is 0.385. The van der Waals surface area contributed by atoms with Crippen molar-refractivity contribution in [2.45, 2.75) is 13.2 Å². The Morgan fingerprint density at radius 2 is 2.21 bits per heavy atom. The quantitative estimate of drug-likeness (QED) is 0.845. The maximum Gasteiger partial charge on any atom is 0.164 e. The van der Waals surface area contributed by atoms with Gasteiger partial charge in [-0.25, -0.2) is 4.98 Å². The first-order valence-corrected chi connectivity index (χ1v) is 6.01. The van der Waals surface area contributed by atoms with Crippen LogP contribution in [0.1, 0.15) is 11.4 Å². The van der Waals surface area contributed by atoms with E-state index in [9.17, 15) is 0 Å². The van der Waals surface area contributed by atoms with Gasteiger partial charge in [0.1, 0.15) is 24.4 Å². The molecule has 0 amide bonds. The van der Waals surface area contributed by atoms with Gasteiger partial charge in [-0.15, -0.1) is 0 Å². The average molecular weight is 262 g/mol. The van der Waals surface area contributed by atoms with Crippen molar-refractivity contribution < 1.29 is 9.47 Å². The maximum absolute atomic E-state index is 5.81. The van der Waals surface area contributed by atoms with Crippen LogP contribution in [0.2, 0.25) is 0 Å². The number of benzene rings is 1. The molecule has 0 saturated carbocycles. The Kier molecular flexibility index (Phi) is 4.35. The molecule has 0 aliphatic rings. The van der Waals surface area contributed by atoms with Gasteiger partial charge in [0.25, 0.3) is 0 Å². The van der Waals surface area contributed by atoms with E-state index in [0.717, 1.165) is 29.4 Å². The Morgan fingerprint density at radius 1 is 1.37 bits per heavy atom. The van der Waals surface area contributed by atoms with Crippen molar-refractivity contribution in [3.63, 3.8) is 0 Å². The summed E-state index contributed by atoms with van der Waals surface area (Å²) in [6, 6.07) is 5.78. The van der Waals surface area contributed by atoms with E-state index < -0.39 is 0 Å². The predicted molar refractivity (Wildman–Crippen MR) is 71.1 cm³/mol. The first-order valence-electron chi connectivity index (χ1n) is 6.01. The van der Waals surface area contributed by atoms with Crippen LogP contribution in [-0.2, 0) is 20.2 Å². The van der Waals surface area contributed by atoms with Crippen LogP contribution in [0, 0.1) is 0 Å². The van der Waals surface area contributed by atoms with Crippen LogP contribution >= 0.6 is 0 Å². The van der Waals surface area contributed by atoms with E-state index in [2.05, 4.69) is 15.4 Å². The van der Waals surface area contributed by atoms with Crippen LogP contribution in [0.4, 0.5) is 0 Å². The summed E-state index contributed by atoms with van der Waals surface area (Å²) in [5, 5.41) is 7.12. The minimum absolute atomic E-state index is 0.375. The molecule has 2 aromatic rings. The van der Waals surface area contributed by atoms with E-state index >= 15 is 0 Å². The van der Waals surface area contributed by atoms with E-state index in [0.29, 0.717) is 6.61 Å². The fourth-order valence-electron chi connectivity index (χ4n) is 1.73. The van der Waals surface area contributed by atoms with Crippen LogP contribution in [0.5, 0.6) is 11.5 Å². The molecule has 0 atom stereocenters. The fourth-order valence-corrected chi connectivity index (χ4v) is 1.73. The highest BCUT2D eigenvalue weighted by Gasteiger charge is 2.07. The minimum Gasteiger partial charge on any atom is -0.497 e. The SMILES string of the molecule is CNCc1ccc(OC)cc1OCc1ncnn1C. The first kappa shape index (κ1) is 13.4. The highest BCUT2D eigenvalue weighted by Crippen LogP contribution is 2.25. The molecule has 0 spiro atoms. The monoisotopic (exact) mass is 262 g/mol. The van der Waals surface area contributed by atoms with Gasteiger partial charge in [-0.1, -0.05) is 6.07 Å². The second kappa shape index (κ2) is 6.19. The number of methoxy groups -OCH3 is 1. The summed E-state index contributed by atoms with van der Waals surface area (Å²) < 4.78 is 12.7. The molecule has 1 heterocycles. The number of rotatable bonds is 6. The van der Waals surface area contributed by atoms with Gasteiger partial charge in [-0.05, 0) is 13.1 Å². The van der Waals surface area contributed by atoms with E-state index in [-0.39, 0.29) is 0 Å². The van der Waals surface area contributed by atoms with E-state index in [4.69, 9.17) is 9.47 Å². The molecular weight excluding hydrogens is 244 g/mol. The van der Waals surface area contributed by atoms with Gasteiger partial charge in [0.2, 0.25) is 0 Å². The average Bonchev–Trinajstić information content (AvgIpc) is 2.83. The van der Waals surface area contributed by atoms with Crippen LogP contribution in [0.15, 0.2) is 24.5 Å². The summed E-state index contributed by atoms with van der Waals surface area (Å²) in [6.07, 6.45) is 1.51. The van der Waals surface area contributed by atoms with Gasteiger partial charge in [-0.3, -0.25) is 4.68 Å². The van der Waals surface area contributed by atoms with Gasteiger partial charge < -0.3 is 14.8 Å². The summed E-state index contributed by atoms with van der Waals surface area (Å²) in [5.74, 6) is 2.34. The summed E-state index contributed by atoms with van der Waals surface area (Å²) in [5.41, 5.74) is 1.07. The van der Waals surface area contributed by atoms with Gasteiger partial charge in [0.05, 0.1) is 7.11 Å². The van der Waals surface area contributed by atoms with Crippen LogP contribution in [0.3, 0.4) is 0 Å². The molecule has 0 saturated heterocycles. The number of hydrogen-bond donors (Lipinski definition) is 1. The molecule has 6 nitrogen and oxygen atoms in total. The zero-order chi connectivity index (χ0) is 13.7. The normalized spacial score (nSPS) is 10.5. The number of ether oxygens (including phenoxy) is 2. The van der Waals surface area contributed by atoms with Gasteiger partial charge >= 0.3 is 0 Å². The Balaban J connectivity index is 2.15. The zero-order valence-corrected chi connectivity index (χ0v) is 11.4. The highest BCUT2D eigenvalue weighted by atomic mass is 16.5.